The largest absolute Gasteiger partial charge is 0.488 e. The molecule has 1 atom stereocenters. The second-order valence-electron chi connectivity index (χ2n) is 3.20. The molecule has 0 fully saturated rings. The number of hydrogen-bond donors (Lipinski definition) is 1. The van der Waals surface area contributed by atoms with Gasteiger partial charge in [0, 0.05) is 11.0 Å². The second-order valence-corrected chi connectivity index (χ2v) is 4.52. The monoisotopic (exact) mass is 277 g/mol. The molecule has 0 saturated heterocycles. The lowest BCUT2D eigenvalue weighted by Gasteiger charge is -2.16. The van der Waals surface area contributed by atoms with Gasteiger partial charge in [0.1, 0.15) is 11.9 Å². The molecule has 1 rings (SSSR count). The number of halogens is 2. The van der Waals surface area contributed by atoms with Crippen LogP contribution in [-0.4, -0.2) is 12.6 Å². The molecule has 0 heterocycles. The van der Waals surface area contributed by atoms with E-state index in [2.05, 4.69) is 15.9 Å². The summed E-state index contributed by atoms with van der Waals surface area (Å²) in [7, 11) is 0. The van der Waals surface area contributed by atoms with E-state index in [1.807, 2.05) is 26.0 Å². The average molecular weight is 279 g/mol. The number of benzene rings is 1. The first-order valence-electron chi connectivity index (χ1n) is 4.37. The molecule has 14 heavy (non-hydrogen) atoms. The molecular formula is C10H13BrClNO. The van der Waals surface area contributed by atoms with Crippen LogP contribution in [0.4, 0.5) is 0 Å². The SMILES string of the molecule is Cc1cc(Br)cc(Cl)c1OC(C)CN. The molecule has 0 aliphatic rings. The molecule has 0 spiro atoms. The van der Waals surface area contributed by atoms with Crippen LogP contribution in [0.3, 0.4) is 0 Å². The summed E-state index contributed by atoms with van der Waals surface area (Å²) in [6.45, 7) is 4.35. The summed E-state index contributed by atoms with van der Waals surface area (Å²) >= 11 is 9.41. The van der Waals surface area contributed by atoms with Crippen LogP contribution in [0.2, 0.25) is 5.02 Å². The smallest absolute Gasteiger partial charge is 0.141 e. The summed E-state index contributed by atoms with van der Waals surface area (Å²) < 4.78 is 6.55. The number of nitrogens with two attached hydrogens (primary N) is 1. The van der Waals surface area contributed by atoms with Gasteiger partial charge in [0.15, 0.2) is 0 Å². The fraction of sp³-hybridized carbons (Fsp3) is 0.400. The van der Waals surface area contributed by atoms with E-state index >= 15 is 0 Å². The molecule has 1 unspecified atom stereocenters. The predicted molar refractivity (Wildman–Crippen MR) is 63.0 cm³/mol. The van der Waals surface area contributed by atoms with Crippen molar-refractivity contribution in [2.24, 2.45) is 5.73 Å². The molecule has 0 aliphatic carbocycles. The van der Waals surface area contributed by atoms with Gasteiger partial charge in [-0.1, -0.05) is 27.5 Å². The Labute approximate surface area is 97.5 Å². The van der Waals surface area contributed by atoms with Crippen molar-refractivity contribution in [2.45, 2.75) is 20.0 Å². The highest BCUT2D eigenvalue weighted by molar-refractivity contribution is 9.10. The zero-order valence-corrected chi connectivity index (χ0v) is 10.5. The Hall–Kier alpha value is -0.250. The summed E-state index contributed by atoms with van der Waals surface area (Å²) in [6.07, 6.45) is -0.0209. The summed E-state index contributed by atoms with van der Waals surface area (Å²) in [5, 5.41) is 0.608. The molecular weight excluding hydrogens is 265 g/mol. The normalized spacial score (nSPS) is 12.6. The lowest BCUT2D eigenvalue weighted by molar-refractivity contribution is 0.228. The maximum Gasteiger partial charge on any atom is 0.141 e. The van der Waals surface area contributed by atoms with E-state index in [9.17, 15) is 0 Å². The molecule has 0 saturated carbocycles. The highest BCUT2D eigenvalue weighted by Crippen LogP contribution is 2.32. The predicted octanol–water partition coefficient (Wildman–Crippen LogP) is 3.14. The first-order valence-corrected chi connectivity index (χ1v) is 5.54. The third-order valence-electron chi connectivity index (χ3n) is 1.85. The minimum Gasteiger partial charge on any atom is -0.488 e. The summed E-state index contributed by atoms with van der Waals surface area (Å²) in [6, 6.07) is 3.78. The van der Waals surface area contributed by atoms with Crippen molar-refractivity contribution in [2.75, 3.05) is 6.54 Å². The Balaban J connectivity index is 2.96. The van der Waals surface area contributed by atoms with E-state index in [-0.39, 0.29) is 6.10 Å². The van der Waals surface area contributed by atoms with Crippen LogP contribution in [0.5, 0.6) is 5.75 Å². The van der Waals surface area contributed by atoms with Gasteiger partial charge in [0.25, 0.3) is 0 Å². The summed E-state index contributed by atoms with van der Waals surface area (Å²) in [5.74, 6) is 0.716. The van der Waals surface area contributed by atoms with Crippen LogP contribution in [0.15, 0.2) is 16.6 Å². The Kier molecular flexibility index (Phi) is 4.23. The van der Waals surface area contributed by atoms with E-state index in [4.69, 9.17) is 22.1 Å². The summed E-state index contributed by atoms with van der Waals surface area (Å²) in [5.41, 5.74) is 6.48. The van der Waals surface area contributed by atoms with Gasteiger partial charge < -0.3 is 10.5 Å². The van der Waals surface area contributed by atoms with Crippen molar-refractivity contribution in [1.29, 1.82) is 0 Å². The lowest BCUT2D eigenvalue weighted by Crippen LogP contribution is -2.23. The highest BCUT2D eigenvalue weighted by Gasteiger charge is 2.09. The van der Waals surface area contributed by atoms with Gasteiger partial charge in [-0.2, -0.15) is 0 Å². The van der Waals surface area contributed by atoms with Gasteiger partial charge in [0.05, 0.1) is 5.02 Å². The standard InChI is InChI=1S/C10H13BrClNO/c1-6-3-8(11)4-9(12)10(6)14-7(2)5-13/h3-4,7H,5,13H2,1-2H3. The Morgan fingerprint density at radius 2 is 2.21 bits per heavy atom. The van der Waals surface area contributed by atoms with Crippen LogP contribution < -0.4 is 10.5 Å². The Bertz CT molecular complexity index is 307. The van der Waals surface area contributed by atoms with Crippen LogP contribution in [0, 0.1) is 6.92 Å². The molecule has 0 aromatic heterocycles. The van der Waals surface area contributed by atoms with E-state index in [1.165, 1.54) is 0 Å². The molecule has 0 amide bonds. The minimum atomic E-state index is -0.0209. The number of hydrogen-bond acceptors (Lipinski definition) is 2. The van der Waals surface area contributed by atoms with Crippen molar-refractivity contribution >= 4 is 27.5 Å². The quantitative estimate of drug-likeness (QED) is 0.922. The van der Waals surface area contributed by atoms with Crippen molar-refractivity contribution in [3.05, 3.63) is 27.2 Å². The molecule has 1 aromatic rings. The molecule has 2 N–H and O–H groups in total. The first-order chi connectivity index (χ1) is 6.54. The van der Waals surface area contributed by atoms with Crippen LogP contribution >= 0.6 is 27.5 Å². The zero-order valence-electron chi connectivity index (χ0n) is 8.18. The Morgan fingerprint density at radius 1 is 1.57 bits per heavy atom. The van der Waals surface area contributed by atoms with Gasteiger partial charge in [0.2, 0.25) is 0 Å². The van der Waals surface area contributed by atoms with Gasteiger partial charge in [-0.15, -0.1) is 0 Å². The fourth-order valence-electron chi connectivity index (χ4n) is 1.09. The molecule has 4 heteroatoms. The molecule has 78 valence electrons. The highest BCUT2D eigenvalue weighted by atomic mass is 79.9. The van der Waals surface area contributed by atoms with Crippen LogP contribution in [0.1, 0.15) is 12.5 Å². The molecule has 0 aliphatic heterocycles. The van der Waals surface area contributed by atoms with Gasteiger partial charge in [-0.3, -0.25) is 0 Å². The molecule has 1 aromatic carbocycles. The van der Waals surface area contributed by atoms with E-state index in [0.717, 1.165) is 10.0 Å². The average Bonchev–Trinajstić information content (AvgIpc) is 2.10. The van der Waals surface area contributed by atoms with Crippen LogP contribution in [-0.2, 0) is 0 Å². The van der Waals surface area contributed by atoms with E-state index < -0.39 is 0 Å². The second kappa shape index (κ2) is 5.01. The number of aryl methyl sites for hydroxylation is 1. The van der Waals surface area contributed by atoms with E-state index in [1.54, 1.807) is 0 Å². The maximum atomic E-state index is 6.04. The van der Waals surface area contributed by atoms with Crippen molar-refractivity contribution in [1.82, 2.24) is 0 Å². The van der Waals surface area contributed by atoms with Crippen molar-refractivity contribution in [3.63, 3.8) is 0 Å². The summed E-state index contributed by atoms with van der Waals surface area (Å²) in [4.78, 5) is 0. The molecule has 0 bridgehead atoms. The maximum absolute atomic E-state index is 6.04. The van der Waals surface area contributed by atoms with Gasteiger partial charge >= 0.3 is 0 Å². The van der Waals surface area contributed by atoms with Crippen LogP contribution in [0.25, 0.3) is 0 Å². The lowest BCUT2D eigenvalue weighted by atomic mass is 10.2. The molecule has 2 nitrogen and oxygen atoms in total. The van der Waals surface area contributed by atoms with E-state index in [0.29, 0.717) is 17.3 Å². The number of rotatable bonds is 3. The molecule has 0 radical (unpaired) electrons. The van der Waals surface area contributed by atoms with Crippen molar-refractivity contribution < 1.29 is 4.74 Å². The fourth-order valence-corrected chi connectivity index (χ4v) is 2.10. The first kappa shape index (κ1) is 11.8. The minimum absolute atomic E-state index is 0.0209. The van der Waals surface area contributed by atoms with Gasteiger partial charge in [-0.25, -0.2) is 0 Å². The topological polar surface area (TPSA) is 35.2 Å². The Morgan fingerprint density at radius 3 is 2.71 bits per heavy atom. The number of ether oxygens (including phenoxy) is 1. The zero-order chi connectivity index (χ0) is 10.7. The van der Waals surface area contributed by atoms with Gasteiger partial charge in [-0.05, 0) is 31.5 Å². The third kappa shape index (κ3) is 2.87. The van der Waals surface area contributed by atoms with Crippen molar-refractivity contribution in [3.8, 4) is 5.75 Å². The third-order valence-corrected chi connectivity index (χ3v) is 2.58.